The van der Waals surface area contributed by atoms with Gasteiger partial charge >= 0.3 is 11.9 Å². The van der Waals surface area contributed by atoms with Crippen molar-refractivity contribution in [2.24, 2.45) is 10.8 Å². The van der Waals surface area contributed by atoms with Gasteiger partial charge in [0.25, 0.3) is 0 Å². The van der Waals surface area contributed by atoms with Crippen LogP contribution in [-0.4, -0.2) is 26.2 Å². The maximum absolute atomic E-state index is 11.9. The van der Waals surface area contributed by atoms with Crippen LogP contribution in [0.1, 0.15) is 25.7 Å². The van der Waals surface area contributed by atoms with E-state index in [1.807, 2.05) is 12.2 Å². The standard InChI is InChI=1S/C12H16O4/c1-15-9(13)11-5-3-4-6-12(11,8-7-11)10(14)16-2/h3-4H,5-8H2,1-2H3/t11-,12+. The van der Waals surface area contributed by atoms with Crippen molar-refractivity contribution in [2.45, 2.75) is 25.7 Å². The Morgan fingerprint density at radius 1 is 0.938 bits per heavy atom. The molecule has 0 aromatic carbocycles. The number of hydrogen-bond acceptors (Lipinski definition) is 4. The minimum atomic E-state index is -0.677. The molecule has 4 heteroatoms. The Hall–Kier alpha value is -1.32. The summed E-state index contributed by atoms with van der Waals surface area (Å²) in [6.45, 7) is 0. The summed E-state index contributed by atoms with van der Waals surface area (Å²) in [6.07, 6.45) is 6.48. The fourth-order valence-corrected chi connectivity index (χ4v) is 3.04. The summed E-state index contributed by atoms with van der Waals surface area (Å²) in [5.41, 5.74) is -1.35. The van der Waals surface area contributed by atoms with Crippen LogP contribution in [0.3, 0.4) is 0 Å². The van der Waals surface area contributed by atoms with Crippen LogP contribution in [0.25, 0.3) is 0 Å². The van der Waals surface area contributed by atoms with Crippen molar-refractivity contribution in [1.82, 2.24) is 0 Å². The molecule has 1 fully saturated rings. The topological polar surface area (TPSA) is 52.6 Å². The van der Waals surface area contributed by atoms with Crippen molar-refractivity contribution >= 4 is 11.9 Å². The third-order valence-electron chi connectivity index (χ3n) is 4.15. The predicted molar refractivity (Wildman–Crippen MR) is 56.5 cm³/mol. The minimum Gasteiger partial charge on any atom is -0.469 e. The summed E-state index contributed by atoms with van der Waals surface area (Å²) in [6, 6.07) is 0. The van der Waals surface area contributed by atoms with E-state index < -0.39 is 10.8 Å². The second kappa shape index (κ2) is 3.61. The van der Waals surface area contributed by atoms with E-state index in [0.29, 0.717) is 25.7 Å². The van der Waals surface area contributed by atoms with Gasteiger partial charge in [0.1, 0.15) is 0 Å². The first kappa shape index (κ1) is 11.2. The molecule has 0 N–H and O–H groups in total. The van der Waals surface area contributed by atoms with Crippen LogP contribution in [0.4, 0.5) is 0 Å². The van der Waals surface area contributed by atoms with Crippen molar-refractivity contribution in [3.63, 3.8) is 0 Å². The van der Waals surface area contributed by atoms with Gasteiger partial charge in [0.05, 0.1) is 25.0 Å². The third kappa shape index (κ3) is 1.10. The Kier molecular flexibility index (Phi) is 2.52. The molecule has 2 atom stereocenters. The molecule has 0 amide bonds. The number of methoxy groups -OCH3 is 2. The van der Waals surface area contributed by atoms with Gasteiger partial charge in [0.2, 0.25) is 0 Å². The van der Waals surface area contributed by atoms with Crippen LogP contribution in [0.2, 0.25) is 0 Å². The molecule has 0 saturated heterocycles. The van der Waals surface area contributed by atoms with Gasteiger partial charge in [0, 0.05) is 0 Å². The fraction of sp³-hybridized carbons (Fsp3) is 0.667. The molecule has 0 unspecified atom stereocenters. The predicted octanol–water partition coefficient (Wildman–Crippen LogP) is 1.45. The maximum atomic E-state index is 11.9. The molecule has 0 aliphatic heterocycles. The van der Waals surface area contributed by atoms with Crippen LogP contribution in [0.15, 0.2) is 12.2 Å². The Morgan fingerprint density at radius 2 is 1.31 bits per heavy atom. The molecule has 2 rings (SSSR count). The van der Waals surface area contributed by atoms with E-state index in [0.717, 1.165) is 0 Å². The number of rotatable bonds is 2. The Bertz CT molecular complexity index is 326. The first-order valence-electron chi connectivity index (χ1n) is 5.45. The largest absolute Gasteiger partial charge is 0.469 e. The highest BCUT2D eigenvalue weighted by molar-refractivity contribution is 5.91. The molecule has 4 nitrogen and oxygen atoms in total. The number of allylic oxidation sites excluding steroid dienone is 2. The van der Waals surface area contributed by atoms with Crippen LogP contribution < -0.4 is 0 Å². The Morgan fingerprint density at radius 3 is 1.56 bits per heavy atom. The van der Waals surface area contributed by atoms with Crippen molar-refractivity contribution in [3.8, 4) is 0 Å². The van der Waals surface area contributed by atoms with Gasteiger partial charge in [-0.25, -0.2) is 0 Å². The first-order valence-corrected chi connectivity index (χ1v) is 5.45. The normalized spacial score (nSPS) is 35.9. The minimum absolute atomic E-state index is 0.284. The summed E-state index contributed by atoms with van der Waals surface area (Å²) >= 11 is 0. The summed E-state index contributed by atoms with van der Waals surface area (Å²) in [4.78, 5) is 23.8. The van der Waals surface area contributed by atoms with Crippen LogP contribution in [-0.2, 0) is 19.1 Å². The van der Waals surface area contributed by atoms with E-state index in [9.17, 15) is 9.59 Å². The average Bonchev–Trinajstić information content (AvgIpc) is 2.29. The van der Waals surface area contributed by atoms with Crippen LogP contribution >= 0.6 is 0 Å². The lowest BCUT2D eigenvalue weighted by Crippen LogP contribution is -2.61. The molecule has 2 aliphatic rings. The van der Waals surface area contributed by atoms with Crippen LogP contribution in [0, 0.1) is 10.8 Å². The smallest absolute Gasteiger partial charge is 0.313 e. The fourth-order valence-electron chi connectivity index (χ4n) is 3.04. The van der Waals surface area contributed by atoms with E-state index in [4.69, 9.17) is 9.47 Å². The lowest BCUT2D eigenvalue weighted by molar-refractivity contribution is -0.197. The molecule has 0 aromatic heterocycles. The quantitative estimate of drug-likeness (QED) is 0.526. The highest BCUT2D eigenvalue weighted by atomic mass is 16.5. The molecule has 1 saturated carbocycles. The molecule has 0 bridgehead atoms. The van der Waals surface area contributed by atoms with Crippen molar-refractivity contribution in [3.05, 3.63) is 12.2 Å². The molecule has 16 heavy (non-hydrogen) atoms. The lowest BCUT2D eigenvalue weighted by Gasteiger charge is -2.56. The van der Waals surface area contributed by atoms with Gasteiger partial charge in [-0.15, -0.1) is 0 Å². The van der Waals surface area contributed by atoms with Crippen molar-refractivity contribution < 1.29 is 19.1 Å². The van der Waals surface area contributed by atoms with Gasteiger partial charge in [-0.2, -0.15) is 0 Å². The number of ether oxygens (including phenoxy) is 2. The highest BCUT2D eigenvalue weighted by Gasteiger charge is 2.68. The SMILES string of the molecule is COC(=O)[C@@]12CC=CC[C@]1(C(=O)OC)CC2. The van der Waals surface area contributed by atoms with E-state index in [2.05, 4.69) is 0 Å². The zero-order valence-electron chi connectivity index (χ0n) is 9.62. The Labute approximate surface area is 94.6 Å². The van der Waals surface area contributed by atoms with Crippen molar-refractivity contribution in [2.75, 3.05) is 14.2 Å². The zero-order valence-corrected chi connectivity index (χ0v) is 9.62. The second-order valence-electron chi connectivity index (χ2n) is 4.53. The molecule has 0 aromatic rings. The van der Waals surface area contributed by atoms with Crippen molar-refractivity contribution in [1.29, 1.82) is 0 Å². The summed E-state index contributed by atoms with van der Waals surface area (Å²) in [5.74, 6) is -0.568. The van der Waals surface area contributed by atoms with E-state index in [1.54, 1.807) is 0 Å². The summed E-state index contributed by atoms with van der Waals surface area (Å²) < 4.78 is 9.71. The summed E-state index contributed by atoms with van der Waals surface area (Å²) in [7, 11) is 2.74. The summed E-state index contributed by atoms with van der Waals surface area (Å²) in [5, 5.41) is 0. The second-order valence-corrected chi connectivity index (χ2v) is 4.53. The van der Waals surface area contributed by atoms with Gasteiger partial charge in [-0.05, 0) is 25.7 Å². The number of fused-ring (bicyclic) bond motifs is 1. The van der Waals surface area contributed by atoms with E-state index in [1.165, 1.54) is 14.2 Å². The zero-order chi connectivity index (χ0) is 11.8. The third-order valence-corrected chi connectivity index (χ3v) is 4.15. The first-order chi connectivity index (χ1) is 7.63. The van der Waals surface area contributed by atoms with Gasteiger partial charge in [-0.3, -0.25) is 9.59 Å². The van der Waals surface area contributed by atoms with Gasteiger partial charge in [-0.1, -0.05) is 12.2 Å². The Balaban J connectivity index is 2.40. The molecular formula is C12H16O4. The van der Waals surface area contributed by atoms with Gasteiger partial charge < -0.3 is 9.47 Å². The molecule has 0 spiro atoms. The van der Waals surface area contributed by atoms with Gasteiger partial charge in [0.15, 0.2) is 0 Å². The number of carbonyl (C=O) groups is 2. The molecular weight excluding hydrogens is 208 g/mol. The van der Waals surface area contributed by atoms with E-state index >= 15 is 0 Å². The van der Waals surface area contributed by atoms with E-state index in [-0.39, 0.29) is 11.9 Å². The monoisotopic (exact) mass is 224 g/mol. The maximum Gasteiger partial charge on any atom is 0.313 e. The average molecular weight is 224 g/mol. The van der Waals surface area contributed by atoms with Crippen LogP contribution in [0.5, 0.6) is 0 Å². The molecule has 2 aliphatic carbocycles. The number of hydrogen-bond donors (Lipinski definition) is 0. The number of carbonyl (C=O) groups excluding carboxylic acids is 2. The highest BCUT2D eigenvalue weighted by Crippen LogP contribution is 2.64. The lowest BCUT2D eigenvalue weighted by atomic mass is 9.45. The number of esters is 2. The molecule has 0 radical (unpaired) electrons. The molecule has 88 valence electrons. The molecule has 0 heterocycles.